The average molecular weight is 500 g/mol. The summed E-state index contributed by atoms with van der Waals surface area (Å²) in [5.74, 6) is -0.863. The number of carbonyl (C=O) groups excluding carboxylic acids is 2. The summed E-state index contributed by atoms with van der Waals surface area (Å²) in [5, 5.41) is 13.5. The maximum absolute atomic E-state index is 13.3. The molecule has 0 spiro atoms. The lowest BCUT2D eigenvalue weighted by molar-refractivity contribution is -0.132. The van der Waals surface area contributed by atoms with Crippen molar-refractivity contribution in [2.75, 3.05) is 25.7 Å². The fourth-order valence-corrected chi connectivity index (χ4v) is 4.95. The van der Waals surface area contributed by atoms with E-state index in [1.807, 2.05) is 24.4 Å². The summed E-state index contributed by atoms with van der Waals surface area (Å²) in [7, 11) is 2.86. The van der Waals surface area contributed by atoms with Gasteiger partial charge in [0.15, 0.2) is 0 Å². The zero-order chi connectivity index (χ0) is 24.4. The highest BCUT2D eigenvalue weighted by Gasteiger charge is 2.47. The van der Waals surface area contributed by atoms with E-state index >= 15 is 0 Å². The fraction of sp³-hybridized carbons (Fsp3) is 0.200. The van der Waals surface area contributed by atoms with Crippen molar-refractivity contribution in [1.82, 2.24) is 0 Å². The number of nitrogens with zero attached hydrogens (tertiary/aromatic N) is 1. The molecule has 0 radical (unpaired) electrons. The van der Waals surface area contributed by atoms with E-state index < -0.39 is 17.7 Å². The molecule has 7 nitrogen and oxygen atoms in total. The number of halogens is 1. The Morgan fingerprint density at radius 1 is 1.09 bits per heavy atom. The number of ketones is 1. The van der Waals surface area contributed by atoms with Crippen molar-refractivity contribution in [3.05, 3.63) is 74.9 Å². The Bertz CT molecular complexity index is 1270. The number of amides is 1. The fourth-order valence-electron chi connectivity index (χ4n) is 3.90. The largest absolute Gasteiger partial charge is 0.507 e. The highest BCUT2D eigenvalue weighted by atomic mass is 35.5. The van der Waals surface area contributed by atoms with Gasteiger partial charge in [-0.2, -0.15) is 0 Å². The first-order valence-corrected chi connectivity index (χ1v) is 11.7. The van der Waals surface area contributed by atoms with Gasteiger partial charge in [-0.15, -0.1) is 11.3 Å². The van der Waals surface area contributed by atoms with E-state index in [2.05, 4.69) is 0 Å². The van der Waals surface area contributed by atoms with Crippen molar-refractivity contribution in [2.45, 2.75) is 13.0 Å². The van der Waals surface area contributed by atoms with Gasteiger partial charge >= 0.3 is 0 Å². The molecule has 3 aromatic rings. The molecular weight excluding hydrogens is 478 g/mol. The lowest BCUT2D eigenvalue weighted by Crippen LogP contribution is -2.29. The van der Waals surface area contributed by atoms with Crippen LogP contribution in [0, 0.1) is 0 Å². The van der Waals surface area contributed by atoms with Gasteiger partial charge in [-0.1, -0.05) is 23.7 Å². The van der Waals surface area contributed by atoms with Crippen molar-refractivity contribution in [3.63, 3.8) is 0 Å². The van der Waals surface area contributed by atoms with Gasteiger partial charge < -0.3 is 19.3 Å². The first-order chi connectivity index (χ1) is 16.4. The van der Waals surface area contributed by atoms with E-state index in [0.717, 1.165) is 0 Å². The van der Waals surface area contributed by atoms with Crippen LogP contribution < -0.4 is 19.1 Å². The van der Waals surface area contributed by atoms with Crippen LogP contribution >= 0.6 is 22.9 Å². The summed E-state index contributed by atoms with van der Waals surface area (Å²) in [6.07, 6.45) is 0. The molecule has 9 heteroatoms. The minimum absolute atomic E-state index is 0.0584. The van der Waals surface area contributed by atoms with Gasteiger partial charge in [-0.25, -0.2) is 0 Å². The highest BCUT2D eigenvalue weighted by molar-refractivity contribution is 7.10. The van der Waals surface area contributed by atoms with E-state index in [1.165, 1.54) is 42.6 Å². The van der Waals surface area contributed by atoms with Gasteiger partial charge in [0.05, 0.1) is 37.0 Å². The second kappa shape index (κ2) is 9.79. The molecule has 1 aliphatic heterocycles. The van der Waals surface area contributed by atoms with Crippen LogP contribution in [0.15, 0.2) is 59.5 Å². The average Bonchev–Trinajstić information content (AvgIpc) is 3.45. The Morgan fingerprint density at radius 2 is 1.85 bits per heavy atom. The number of hydrogen-bond donors (Lipinski definition) is 1. The third-order valence-corrected chi connectivity index (χ3v) is 6.61. The Morgan fingerprint density at radius 3 is 2.50 bits per heavy atom. The summed E-state index contributed by atoms with van der Waals surface area (Å²) < 4.78 is 16.2. The molecule has 1 atom stereocenters. The van der Waals surface area contributed by atoms with Crippen molar-refractivity contribution < 1.29 is 28.9 Å². The number of thiophene rings is 1. The van der Waals surface area contributed by atoms with Gasteiger partial charge in [-0.05, 0) is 36.6 Å². The van der Waals surface area contributed by atoms with E-state index in [-0.39, 0.29) is 33.4 Å². The standard InChI is InChI=1S/C25H22ClNO6S/c1-4-33-15-8-5-7-14(11-15)27-22(20-9-6-10-34-20)21(24(29)25(27)30)23(28)16-12-19(32-3)17(26)13-18(16)31-2/h5-13,22,28H,4H2,1-3H3/b23-21+. The number of carbonyl (C=O) groups is 2. The molecule has 0 bridgehead atoms. The lowest BCUT2D eigenvalue weighted by Gasteiger charge is -2.24. The normalized spacial score (nSPS) is 17.2. The molecule has 1 saturated heterocycles. The maximum Gasteiger partial charge on any atom is 0.300 e. The Hall–Kier alpha value is -3.49. The Kier molecular flexibility index (Phi) is 6.81. The number of anilines is 1. The SMILES string of the molecule is CCOc1cccc(N2C(=O)C(=O)/C(=C(/O)c3cc(OC)c(Cl)cc3OC)C2c2cccs2)c1. The minimum atomic E-state index is -0.844. The van der Waals surface area contributed by atoms with Crippen molar-refractivity contribution in [2.24, 2.45) is 0 Å². The van der Waals surface area contributed by atoms with Crippen molar-refractivity contribution in [1.29, 1.82) is 0 Å². The summed E-state index contributed by atoms with van der Waals surface area (Å²) >= 11 is 7.58. The van der Waals surface area contributed by atoms with Crippen LogP contribution in [0.4, 0.5) is 5.69 Å². The number of hydrogen-bond acceptors (Lipinski definition) is 7. The minimum Gasteiger partial charge on any atom is -0.507 e. The van der Waals surface area contributed by atoms with Crippen LogP contribution in [0.3, 0.4) is 0 Å². The van der Waals surface area contributed by atoms with Crippen LogP contribution in [0.25, 0.3) is 5.76 Å². The molecule has 1 amide bonds. The second-order valence-corrected chi connectivity index (χ2v) is 8.69. The molecule has 1 aromatic heterocycles. The van der Waals surface area contributed by atoms with Crippen molar-refractivity contribution in [3.8, 4) is 17.2 Å². The number of Topliss-reactive ketones (excluding diaryl/α,β-unsaturated/α-hetero) is 1. The molecule has 1 fully saturated rings. The van der Waals surface area contributed by atoms with E-state index in [1.54, 1.807) is 24.3 Å². The second-order valence-electron chi connectivity index (χ2n) is 7.30. The van der Waals surface area contributed by atoms with E-state index in [9.17, 15) is 14.7 Å². The Balaban J connectivity index is 1.94. The first-order valence-electron chi connectivity index (χ1n) is 10.4. The van der Waals surface area contributed by atoms with Gasteiger partial charge in [0.25, 0.3) is 11.7 Å². The van der Waals surface area contributed by atoms with Crippen molar-refractivity contribution >= 4 is 46.1 Å². The summed E-state index contributed by atoms with van der Waals surface area (Å²) in [6.45, 7) is 2.31. The van der Waals surface area contributed by atoms with Crippen LogP contribution in [0.2, 0.25) is 5.02 Å². The van der Waals surface area contributed by atoms with Gasteiger partial charge in [0.2, 0.25) is 0 Å². The molecule has 2 heterocycles. The molecule has 2 aromatic carbocycles. The topological polar surface area (TPSA) is 85.3 Å². The first kappa shape index (κ1) is 23.7. The molecule has 1 N–H and O–H groups in total. The third kappa shape index (κ3) is 4.10. The number of ether oxygens (including phenoxy) is 3. The number of benzene rings is 2. The van der Waals surface area contributed by atoms with Gasteiger partial charge in [-0.3, -0.25) is 14.5 Å². The molecule has 176 valence electrons. The zero-order valence-electron chi connectivity index (χ0n) is 18.7. The number of aliphatic hydroxyl groups excluding tert-OH is 1. The molecule has 0 saturated carbocycles. The predicted octanol–water partition coefficient (Wildman–Crippen LogP) is 5.44. The molecule has 34 heavy (non-hydrogen) atoms. The quantitative estimate of drug-likeness (QED) is 0.264. The lowest BCUT2D eigenvalue weighted by atomic mass is 9.99. The summed E-state index contributed by atoms with van der Waals surface area (Å²) in [6, 6.07) is 12.7. The number of aliphatic hydroxyl groups is 1. The van der Waals surface area contributed by atoms with E-state index in [0.29, 0.717) is 22.9 Å². The summed E-state index contributed by atoms with van der Waals surface area (Å²) in [4.78, 5) is 28.7. The number of rotatable bonds is 7. The zero-order valence-corrected chi connectivity index (χ0v) is 20.3. The van der Waals surface area contributed by atoms with E-state index in [4.69, 9.17) is 25.8 Å². The molecule has 4 rings (SSSR count). The van der Waals surface area contributed by atoms with Gasteiger partial charge in [0, 0.05) is 22.7 Å². The van der Waals surface area contributed by atoms with Gasteiger partial charge in [0.1, 0.15) is 29.0 Å². The monoisotopic (exact) mass is 499 g/mol. The van der Waals surface area contributed by atoms with Crippen LogP contribution in [0.5, 0.6) is 17.2 Å². The third-order valence-electron chi connectivity index (χ3n) is 5.39. The van der Waals surface area contributed by atoms with Crippen LogP contribution in [-0.2, 0) is 9.59 Å². The smallest absolute Gasteiger partial charge is 0.300 e. The van der Waals surface area contributed by atoms with Crippen LogP contribution in [-0.4, -0.2) is 37.6 Å². The molecule has 1 aliphatic rings. The molecule has 0 aliphatic carbocycles. The summed E-state index contributed by atoms with van der Waals surface area (Å²) in [5.41, 5.74) is 0.606. The molecule has 1 unspecified atom stereocenters. The Labute approximate surface area is 205 Å². The highest BCUT2D eigenvalue weighted by Crippen LogP contribution is 2.46. The molecular formula is C25H22ClNO6S. The van der Waals surface area contributed by atoms with Crippen LogP contribution in [0.1, 0.15) is 23.4 Å². The maximum atomic E-state index is 13.3. The number of methoxy groups -OCH3 is 2. The predicted molar refractivity (Wildman–Crippen MR) is 131 cm³/mol.